The molecular weight excluding hydrogens is 360 g/mol. The van der Waals surface area contributed by atoms with Gasteiger partial charge in [-0.25, -0.2) is 0 Å². The first kappa shape index (κ1) is 18.0. The van der Waals surface area contributed by atoms with Crippen LogP contribution in [0.2, 0.25) is 0 Å². The van der Waals surface area contributed by atoms with Gasteiger partial charge in [0.1, 0.15) is 6.67 Å². The molecule has 2 aromatic carbocycles. The number of hydrogen-bond acceptors (Lipinski definition) is 5. The van der Waals surface area contributed by atoms with Crippen molar-refractivity contribution in [1.29, 1.82) is 0 Å². The van der Waals surface area contributed by atoms with Crippen LogP contribution >= 0.6 is 11.3 Å². The van der Waals surface area contributed by atoms with Gasteiger partial charge in [0, 0.05) is 23.2 Å². The molecule has 140 valence electrons. The molecule has 0 fully saturated rings. The van der Waals surface area contributed by atoms with E-state index >= 15 is 0 Å². The van der Waals surface area contributed by atoms with Gasteiger partial charge < -0.3 is 9.47 Å². The van der Waals surface area contributed by atoms with Crippen molar-refractivity contribution >= 4 is 26.4 Å². The summed E-state index contributed by atoms with van der Waals surface area (Å²) >= 11 is 1.72. The van der Waals surface area contributed by atoms with Gasteiger partial charge in [-0.1, -0.05) is 29.5 Å². The van der Waals surface area contributed by atoms with Gasteiger partial charge in [-0.3, -0.25) is 15.0 Å². The van der Waals surface area contributed by atoms with E-state index in [0.29, 0.717) is 6.54 Å². The number of quaternary nitrogens is 1. The average Bonchev–Trinajstić information content (AvgIpc) is 2.72. The zero-order valence-corrected chi connectivity index (χ0v) is 16.3. The third-order valence-corrected chi connectivity index (χ3v) is 6.21. The summed E-state index contributed by atoms with van der Waals surface area (Å²) < 4.78 is 11.8. The van der Waals surface area contributed by atoms with Gasteiger partial charge in [-0.05, 0) is 36.2 Å². The van der Waals surface area contributed by atoms with Crippen LogP contribution in [0, 0.1) is 0 Å². The van der Waals surface area contributed by atoms with Crippen LogP contribution in [0.4, 0.5) is 5.00 Å². The van der Waals surface area contributed by atoms with Crippen LogP contribution in [0.15, 0.2) is 47.3 Å². The fourth-order valence-corrected chi connectivity index (χ4v) is 4.60. The predicted octanol–water partition coefficient (Wildman–Crippen LogP) is 2.49. The van der Waals surface area contributed by atoms with Crippen LogP contribution in [0.1, 0.15) is 11.1 Å². The van der Waals surface area contributed by atoms with E-state index in [1.165, 1.54) is 5.56 Å². The Kier molecular flexibility index (Phi) is 5.11. The second-order valence-electron chi connectivity index (χ2n) is 6.65. The minimum atomic E-state index is 0.173. The third-order valence-electron chi connectivity index (χ3n) is 5.00. The molecule has 0 radical (unpaired) electrons. The Morgan fingerprint density at radius 3 is 2.74 bits per heavy atom. The van der Waals surface area contributed by atoms with Crippen LogP contribution in [0.5, 0.6) is 11.5 Å². The van der Waals surface area contributed by atoms with Crippen molar-refractivity contribution in [3.8, 4) is 11.5 Å². The zero-order valence-electron chi connectivity index (χ0n) is 15.5. The highest BCUT2D eigenvalue weighted by atomic mass is 32.1. The highest BCUT2D eigenvalue weighted by Crippen LogP contribution is 2.28. The van der Waals surface area contributed by atoms with E-state index < -0.39 is 0 Å². The Hall–Kier alpha value is -2.41. The van der Waals surface area contributed by atoms with Crippen molar-refractivity contribution in [3.63, 3.8) is 0 Å². The number of nitrogens with zero attached hydrogens (tertiary/aromatic N) is 1. The van der Waals surface area contributed by atoms with E-state index in [1.54, 1.807) is 25.6 Å². The Labute approximate surface area is 162 Å². The summed E-state index contributed by atoms with van der Waals surface area (Å²) in [7, 11) is 3.29. The Morgan fingerprint density at radius 2 is 1.93 bits per heavy atom. The van der Waals surface area contributed by atoms with E-state index in [9.17, 15) is 4.79 Å². The number of fused-ring (bicyclic) bond motifs is 2. The Morgan fingerprint density at radius 1 is 1.11 bits per heavy atom. The van der Waals surface area contributed by atoms with E-state index in [4.69, 9.17) is 9.47 Å². The van der Waals surface area contributed by atoms with E-state index in [2.05, 4.69) is 16.3 Å². The third kappa shape index (κ3) is 3.56. The van der Waals surface area contributed by atoms with Gasteiger partial charge in [0.2, 0.25) is 0 Å². The lowest BCUT2D eigenvalue weighted by molar-refractivity contribution is -0.595. The summed E-state index contributed by atoms with van der Waals surface area (Å²) in [5.74, 6) is 1.49. The SMILES string of the molecule is COc1ccc(CCN2C[NH2+]c3sc4ccccc4c(=O)c3C2)cc1OC. The van der Waals surface area contributed by atoms with Crippen LogP contribution in [0.25, 0.3) is 10.1 Å². The van der Waals surface area contributed by atoms with Gasteiger partial charge in [0.05, 0.1) is 19.8 Å². The first-order valence-corrected chi connectivity index (χ1v) is 9.82. The predicted molar refractivity (Wildman–Crippen MR) is 108 cm³/mol. The molecule has 6 heteroatoms. The largest absolute Gasteiger partial charge is 0.493 e. The van der Waals surface area contributed by atoms with Gasteiger partial charge in [-0.2, -0.15) is 0 Å². The van der Waals surface area contributed by atoms with Crippen molar-refractivity contribution in [1.82, 2.24) is 4.90 Å². The monoisotopic (exact) mass is 383 g/mol. The lowest BCUT2D eigenvalue weighted by atomic mass is 10.1. The average molecular weight is 383 g/mol. The highest BCUT2D eigenvalue weighted by Gasteiger charge is 2.24. The fourth-order valence-electron chi connectivity index (χ4n) is 3.51. The van der Waals surface area contributed by atoms with Crippen LogP contribution < -0.4 is 20.2 Å². The molecular formula is C21H23N2O3S+. The minimum Gasteiger partial charge on any atom is -0.493 e. The number of rotatable bonds is 5. The molecule has 0 bridgehead atoms. The molecule has 0 aliphatic carbocycles. The molecule has 0 saturated heterocycles. The summed E-state index contributed by atoms with van der Waals surface area (Å²) in [6, 6.07) is 13.9. The molecule has 0 unspecified atom stereocenters. The van der Waals surface area contributed by atoms with Crippen molar-refractivity contribution in [2.45, 2.75) is 13.0 Å². The van der Waals surface area contributed by atoms with Crippen molar-refractivity contribution in [3.05, 3.63) is 63.8 Å². The topological polar surface area (TPSA) is 55.4 Å². The maximum atomic E-state index is 12.9. The second kappa shape index (κ2) is 7.68. The standard InChI is InChI=1S/C21H22N2O3S/c1-25-17-8-7-14(11-18(17)26-2)9-10-23-12-16-20(24)15-5-3-4-6-19(15)27-21(16)22-13-23/h3-8,11,22H,9-10,12-13H2,1-2H3/p+1. The summed E-state index contributed by atoms with van der Waals surface area (Å²) in [5, 5.41) is 4.14. The molecule has 4 rings (SSSR count). The van der Waals surface area contributed by atoms with Gasteiger partial charge >= 0.3 is 0 Å². The first-order chi connectivity index (χ1) is 13.2. The fraction of sp³-hybridized carbons (Fsp3) is 0.286. The molecule has 1 aliphatic heterocycles. The molecule has 2 heterocycles. The highest BCUT2D eigenvalue weighted by molar-refractivity contribution is 7.21. The Balaban J connectivity index is 1.50. The van der Waals surface area contributed by atoms with Crippen molar-refractivity contribution < 1.29 is 14.8 Å². The van der Waals surface area contributed by atoms with Gasteiger partial charge in [0.15, 0.2) is 21.9 Å². The maximum absolute atomic E-state index is 12.9. The van der Waals surface area contributed by atoms with Crippen LogP contribution in [0.3, 0.4) is 0 Å². The molecule has 0 saturated carbocycles. The lowest BCUT2D eigenvalue weighted by Gasteiger charge is -2.25. The van der Waals surface area contributed by atoms with E-state index in [-0.39, 0.29) is 5.43 Å². The van der Waals surface area contributed by atoms with E-state index in [0.717, 1.165) is 51.8 Å². The summed E-state index contributed by atoms with van der Waals surface area (Å²) in [6.45, 7) is 2.47. The molecule has 3 aromatic rings. The summed E-state index contributed by atoms with van der Waals surface area (Å²) in [4.78, 5) is 15.2. The molecule has 0 spiro atoms. The van der Waals surface area contributed by atoms with Crippen molar-refractivity contribution in [2.24, 2.45) is 0 Å². The van der Waals surface area contributed by atoms with Gasteiger partial charge in [-0.15, -0.1) is 0 Å². The number of ether oxygens (including phenoxy) is 2. The molecule has 1 aliphatic rings. The number of nitrogens with two attached hydrogens (primary N) is 1. The van der Waals surface area contributed by atoms with E-state index in [1.807, 2.05) is 36.4 Å². The van der Waals surface area contributed by atoms with Crippen LogP contribution in [-0.2, 0) is 13.0 Å². The number of methoxy groups -OCH3 is 2. The molecule has 5 nitrogen and oxygen atoms in total. The Bertz CT molecular complexity index is 1030. The number of hydrogen-bond donors (Lipinski definition) is 1. The van der Waals surface area contributed by atoms with Crippen LogP contribution in [-0.4, -0.2) is 32.3 Å². The molecule has 0 atom stereocenters. The molecule has 1 aromatic heterocycles. The smallest absolute Gasteiger partial charge is 0.198 e. The molecule has 27 heavy (non-hydrogen) atoms. The molecule has 2 N–H and O–H groups in total. The zero-order chi connectivity index (χ0) is 18.8. The summed E-state index contributed by atoms with van der Waals surface area (Å²) in [6.07, 6.45) is 0.898. The maximum Gasteiger partial charge on any atom is 0.198 e. The first-order valence-electron chi connectivity index (χ1n) is 9.01. The van der Waals surface area contributed by atoms with Crippen molar-refractivity contribution in [2.75, 3.05) is 27.4 Å². The quantitative estimate of drug-likeness (QED) is 0.736. The van der Waals surface area contributed by atoms with Gasteiger partial charge in [0.25, 0.3) is 0 Å². The molecule has 0 amide bonds. The number of benzene rings is 2. The minimum absolute atomic E-state index is 0.173. The summed E-state index contributed by atoms with van der Waals surface area (Å²) in [5.41, 5.74) is 2.30. The second-order valence-corrected chi connectivity index (χ2v) is 7.73. The normalized spacial score (nSPS) is 14.1. The lowest BCUT2D eigenvalue weighted by Crippen LogP contribution is -2.83.